The Hall–Kier alpha value is -2.69. The lowest BCUT2D eigenvalue weighted by Gasteiger charge is -2.20. The number of hydrogen-bond acceptors (Lipinski definition) is 3. The number of aryl methyl sites for hydroxylation is 2. The maximum absolute atomic E-state index is 12.5. The number of rotatable bonds is 3. The number of carbonyl (C=O) groups excluding carboxylic acids is 2. The number of amides is 2. The highest BCUT2D eigenvalue weighted by Gasteiger charge is 2.17. The fraction of sp³-hybridized carbons (Fsp3) is 0.316. The van der Waals surface area contributed by atoms with E-state index in [1.165, 1.54) is 12.4 Å². The van der Waals surface area contributed by atoms with Crippen LogP contribution in [-0.2, 0) is 0 Å². The zero-order valence-corrected chi connectivity index (χ0v) is 14.7. The van der Waals surface area contributed by atoms with Crippen molar-refractivity contribution in [2.75, 3.05) is 5.32 Å². The molecule has 2 aromatic rings. The van der Waals surface area contributed by atoms with E-state index in [0.29, 0.717) is 11.1 Å². The van der Waals surface area contributed by atoms with Crippen molar-refractivity contribution in [3.8, 4) is 0 Å². The van der Waals surface area contributed by atoms with Crippen molar-refractivity contribution >= 4 is 17.5 Å². The Labute approximate surface area is 142 Å². The summed E-state index contributed by atoms with van der Waals surface area (Å²) in [5, 5.41) is 5.73. The molecule has 0 radical (unpaired) electrons. The quantitative estimate of drug-likeness (QED) is 0.907. The van der Waals surface area contributed by atoms with Gasteiger partial charge in [0.2, 0.25) is 0 Å². The first kappa shape index (κ1) is 17.7. The van der Waals surface area contributed by atoms with Crippen molar-refractivity contribution < 1.29 is 9.59 Å². The Balaban J connectivity index is 2.20. The maximum Gasteiger partial charge on any atom is 0.257 e. The molecule has 0 aliphatic carbocycles. The fourth-order valence-electron chi connectivity index (χ4n) is 2.17. The molecule has 0 saturated heterocycles. The van der Waals surface area contributed by atoms with Crippen molar-refractivity contribution in [3.63, 3.8) is 0 Å². The lowest BCUT2D eigenvalue weighted by atomic mass is 10.1. The molecule has 0 unspecified atom stereocenters. The van der Waals surface area contributed by atoms with Crippen LogP contribution in [0, 0.1) is 13.8 Å². The van der Waals surface area contributed by atoms with Crippen LogP contribution in [-0.4, -0.2) is 22.3 Å². The molecule has 24 heavy (non-hydrogen) atoms. The molecule has 2 N–H and O–H groups in total. The van der Waals surface area contributed by atoms with E-state index in [4.69, 9.17) is 0 Å². The van der Waals surface area contributed by atoms with Gasteiger partial charge in [0, 0.05) is 23.6 Å². The highest BCUT2D eigenvalue weighted by Crippen LogP contribution is 2.17. The van der Waals surface area contributed by atoms with E-state index in [1.54, 1.807) is 6.07 Å². The number of benzene rings is 1. The van der Waals surface area contributed by atoms with Gasteiger partial charge in [0.05, 0.1) is 11.1 Å². The van der Waals surface area contributed by atoms with Gasteiger partial charge in [0.25, 0.3) is 11.8 Å². The van der Waals surface area contributed by atoms with E-state index in [0.717, 1.165) is 16.8 Å². The Morgan fingerprint density at radius 3 is 2.21 bits per heavy atom. The zero-order valence-electron chi connectivity index (χ0n) is 14.7. The summed E-state index contributed by atoms with van der Waals surface area (Å²) in [6.07, 6.45) is 2.91. The molecule has 126 valence electrons. The first-order chi connectivity index (χ1) is 11.2. The molecule has 2 amide bonds. The topological polar surface area (TPSA) is 71.1 Å². The molecule has 0 aliphatic heterocycles. The Kier molecular flexibility index (Phi) is 5.02. The summed E-state index contributed by atoms with van der Waals surface area (Å²) in [5.41, 5.74) is 3.14. The van der Waals surface area contributed by atoms with Crippen molar-refractivity contribution in [1.29, 1.82) is 0 Å². The molecule has 1 heterocycles. The zero-order chi connectivity index (χ0) is 17.9. The lowest BCUT2D eigenvalue weighted by molar-refractivity contribution is 0.0919. The van der Waals surface area contributed by atoms with Gasteiger partial charge in [-0.25, -0.2) is 0 Å². The van der Waals surface area contributed by atoms with Crippen LogP contribution < -0.4 is 10.6 Å². The average Bonchev–Trinajstić information content (AvgIpc) is 2.49. The van der Waals surface area contributed by atoms with Gasteiger partial charge in [-0.1, -0.05) is 12.1 Å². The molecule has 0 spiro atoms. The average molecular weight is 325 g/mol. The maximum atomic E-state index is 12.5. The number of anilines is 1. The molecule has 0 fully saturated rings. The molecule has 1 aromatic carbocycles. The summed E-state index contributed by atoms with van der Waals surface area (Å²) < 4.78 is 0. The van der Waals surface area contributed by atoms with Gasteiger partial charge >= 0.3 is 0 Å². The van der Waals surface area contributed by atoms with E-state index in [-0.39, 0.29) is 17.4 Å². The molecule has 0 saturated carbocycles. The van der Waals surface area contributed by atoms with Gasteiger partial charge in [-0.05, 0) is 57.9 Å². The molecule has 0 aliphatic rings. The van der Waals surface area contributed by atoms with Crippen molar-refractivity contribution in [3.05, 3.63) is 58.9 Å². The summed E-state index contributed by atoms with van der Waals surface area (Å²) in [7, 11) is 0. The van der Waals surface area contributed by atoms with Gasteiger partial charge in [-0.2, -0.15) is 0 Å². The molecule has 1 aromatic heterocycles. The first-order valence-electron chi connectivity index (χ1n) is 7.82. The van der Waals surface area contributed by atoms with Gasteiger partial charge in [0.15, 0.2) is 0 Å². The highest BCUT2D eigenvalue weighted by molar-refractivity contribution is 6.06. The van der Waals surface area contributed by atoms with E-state index in [2.05, 4.69) is 15.6 Å². The number of hydrogen-bond donors (Lipinski definition) is 2. The summed E-state index contributed by atoms with van der Waals surface area (Å²) in [5.74, 6) is -0.544. The van der Waals surface area contributed by atoms with Crippen LogP contribution in [0.3, 0.4) is 0 Å². The number of carbonyl (C=O) groups is 2. The van der Waals surface area contributed by atoms with Gasteiger partial charge in [-0.15, -0.1) is 0 Å². The number of nitrogens with zero attached hydrogens (tertiary/aromatic N) is 1. The van der Waals surface area contributed by atoms with E-state index in [9.17, 15) is 9.59 Å². The number of nitrogens with one attached hydrogen (secondary N) is 2. The highest BCUT2D eigenvalue weighted by atomic mass is 16.2. The van der Waals surface area contributed by atoms with Crippen LogP contribution in [0.4, 0.5) is 5.69 Å². The van der Waals surface area contributed by atoms with Crippen LogP contribution in [0.25, 0.3) is 0 Å². The largest absolute Gasteiger partial charge is 0.347 e. The van der Waals surface area contributed by atoms with Gasteiger partial charge in [0.1, 0.15) is 0 Å². The predicted octanol–water partition coefficient (Wildman–Crippen LogP) is 3.48. The third-order valence-corrected chi connectivity index (χ3v) is 3.39. The second-order valence-corrected chi connectivity index (χ2v) is 6.94. The summed E-state index contributed by atoms with van der Waals surface area (Å²) in [6, 6.07) is 7.41. The van der Waals surface area contributed by atoms with E-state index >= 15 is 0 Å². The second kappa shape index (κ2) is 6.83. The Morgan fingerprint density at radius 1 is 0.958 bits per heavy atom. The molecule has 0 atom stereocenters. The van der Waals surface area contributed by atoms with Crippen LogP contribution >= 0.6 is 0 Å². The molecule has 5 heteroatoms. The standard InChI is InChI=1S/C19H23N3O2/c1-12-6-7-13(2)16(8-12)21-17(23)14-9-15(11-20-10-14)18(24)22-19(3,4)5/h6-11H,1-5H3,(H,21,23)(H,22,24). The van der Waals surface area contributed by atoms with Gasteiger partial charge in [-0.3, -0.25) is 14.6 Å². The Bertz CT molecular complexity index is 776. The number of aromatic nitrogens is 1. The fourth-order valence-corrected chi connectivity index (χ4v) is 2.17. The minimum Gasteiger partial charge on any atom is -0.347 e. The molecular formula is C19H23N3O2. The summed E-state index contributed by atoms with van der Waals surface area (Å²) in [6.45, 7) is 9.59. The third kappa shape index (κ3) is 4.65. The van der Waals surface area contributed by atoms with Gasteiger partial charge < -0.3 is 10.6 Å². The molecular weight excluding hydrogens is 302 g/mol. The first-order valence-corrected chi connectivity index (χ1v) is 7.82. The lowest BCUT2D eigenvalue weighted by Crippen LogP contribution is -2.40. The SMILES string of the molecule is Cc1ccc(C)c(NC(=O)c2cncc(C(=O)NC(C)(C)C)c2)c1. The monoisotopic (exact) mass is 325 g/mol. The molecule has 2 rings (SSSR count). The van der Waals surface area contributed by atoms with Crippen molar-refractivity contribution in [2.24, 2.45) is 0 Å². The predicted molar refractivity (Wildman–Crippen MR) is 95.3 cm³/mol. The Morgan fingerprint density at radius 2 is 1.58 bits per heavy atom. The van der Waals surface area contributed by atoms with E-state index < -0.39 is 0 Å². The summed E-state index contributed by atoms with van der Waals surface area (Å²) >= 11 is 0. The van der Waals surface area contributed by atoms with E-state index in [1.807, 2.05) is 52.8 Å². The number of pyridine rings is 1. The van der Waals surface area contributed by atoms with Crippen molar-refractivity contribution in [2.45, 2.75) is 40.2 Å². The minimum atomic E-state index is -0.353. The molecule has 5 nitrogen and oxygen atoms in total. The van der Waals surface area contributed by atoms with Crippen LogP contribution in [0.5, 0.6) is 0 Å². The third-order valence-electron chi connectivity index (χ3n) is 3.39. The van der Waals surface area contributed by atoms with Crippen LogP contribution in [0.2, 0.25) is 0 Å². The molecule has 0 bridgehead atoms. The normalized spacial score (nSPS) is 11.0. The smallest absolute Gasteiger partial charge is 0.257 e. The van der Waals surface area contributed by atoms with Crippen molar-refractivity contribution in [1.82, 2.24) is 10.3 Å². The minimum absolute atomic E-state index is 0.253. The van der Waals surface area contributed by atoms with Crippen LogP contribution in [0.15, 0.2) is 36.7 Å². The summed E-state index contributed by atoms with van der Waals surface area (Å²) in [4.78, 5) is 28.7. The van der Waals surface area contributed by atoms with Crippen LogP contribution in [0.1, 0.15) is 52.6 Å². The second-order valence-electron chi connectivity index (χ2n) is 6.94.